The maximum atomic E-state index is 12.0. The van der Waals surface area contributed by atoms with E-state index in [4.69, 9.17) is 27.9 Å². The Morgan fingerprint density at radius 2 is 2.00 bits per heavy atom. The molecule has 5 nitrogen and oxygen atoms in total. The number of phenols is 1. The normalized spacial score (nSPS) is 10.6. The number of nitrogens with one attached hydrogen (secondary N) is 1. The molecule has 0 aliphatic carbocycles. The monoisotopic (exact) mass is 364 g/mol. The second kappa shape index (κ2) is 8.38. The summed E-state index contributed by atoms with van der Waals surface area (Å²) in [5.41, 5.74) is 3.05. The first-order valence-corrected chi connectivity index (χ1v) is 7.62. The molecule has 0 heterocycles. The highest BCUT2D eigenvalue weighted by Gasteiger charge is 2.07. The maximum absolute atomic E-state index is 12.0. The van der Waals surface area contributed by atoms with Crippen molar-refractivity contribution in [2.24, 2.45) is 5.10 Å². The summed E-state index contributed by atoms with van der Waals surface area (Å²) in [6, 6.07) is 9.44. The van der Waals surface area contributed by atoms with E-state index in [2.05, 4.69) is 17.1 Å². The second-order valence-electron chi connectivity index (χ2n) is 4.65. The fourth-order valence-corrected chi connectivity index (χ4v) is 2.28. The van der Waals surface area contributed by atoms with Gasteiger partial charge in [0.15, 0.2) is 0 Å². The zero-order valence-corrected chi connectivity index (χ0v) is 14.0. The van der Waals surface area contributed by atoms with Crippen molar-refractivity contribution in [2.45, 2.75) is 0 Å². The number of carbonyl (C=O) groups is 1. The Morgan fingerprint density at radius 1 is 1.29 bits per heavy atom. The smallest absolute Gasteiger partial charge is 0.271 e. The number of carbonyl (C=O) groups excluding carboxylic acids is 1. The molecule has 2 N–H and O–H groups in total. The van der Waals surface area contributed by atoms with Crippen LogP contribution in [0.5, 0.6) is 11.5 Å². The van der Waals surface area contributed by atoms with E-state index in [0.717, 1.165) is 0 Å². The largest absolute Gasteiger partial charge is 0.506 e. The van der Waals surface area contributed by atoms with Gasteiger partial charge in [-0.15, -0.1) is 0 Å². The van der Waals surface area contributed by atoms with Crippen LogP contribution in [0.25, 0.3) is 0 Å². The number of benzene rings is 2. The lowest BCUT2D eigenvalue weighted by Crippen LogP contribution is -2.17. The Bertz CT molecular complexity index is 774. The highest BCUT2D eigenvalue weighted by Crippen LogP contribution is 2.29. The van der Waals surface area contributed by atoms with Crippen LogP contribution in [0, 0.1) is 0 Å². The van der Waals surface area contributed by atoms with Gasteiger partial charge >= 0.3 is 0 Å². The number of halogens is 2. The van der Waals surface area contributed by atoms with E-state index in [1.54, 1.807) is 30.3 Å². The Morgan fingerprint density at radius 3 is 2.67 bits per heavy atom. The minimum Gasteiger partial charge on any atom is -0.506 e. The highest BCUT2D eigenvalue weighted by atomic mass is 35.5. The molecule has 0 aromatic heterocycles. The van der Waals surface area contributed by atoms with Crippen LogP contribution >= 0.6 is 23.2 Å². The van der Waals surface area contributed by atoms with Gasteiger partial charge in [-0.25, -0.2) is 5.43 Å². The van der Waals surface area contributed by atoms with Gasteiger partial charge in [-0.05, 0) is 36.4 Å². The SMILES string of the molecule is C=CCOc1ccc(C(=O)N/N=C/c2cc(Cl)cc(Cl)c2O)cc1. The van der Waals surface area contributed by atoms with Gasteiger partial charge in [-0.2, -0.15) is 5.10 Å². The average molecular weight is 365 g/mol. The van der Waals surface area contributed by atoms with Crippen LogP contribution in [-0.2, 0) is 0 Å². The molecule has 0 atom stereocenters. The third-order valence-corrected chi connectivity index (χ3v) is 3.42. The van der Waals surface area contributed by atoms with Gasteiger partial charge in [-0.1, -0.05) is 35.9 Å². The van der Waals surface area contributed by atoms with Crippen LogP contribution in [-0.4, -0.2) is 23.8 Å². The van der Waals surface area contributed by atoms with Gasteiger partial charge < -0.3 is 9.84 Å². The predicted octanol–water partition coefficient (Wildman–Crippen LogP) is 4.03. The van der Waals surface area contributed by atoms with Crippen LogP contribution in [0.15, 0.2) is 54.2 Å². The topological polar surface area (TPSA) is 70.9 Å². The van der Waals surface area contributed by atoms with E-state index in [1.165, 1.54) is 18.3 Å². The zero-order valence-electron chi connectivity index (χ0n) is 12.5. The van der Waals surface area contributed by atoms with Crippen molar-refractivity contribution in [3.63, 3.8) is 0 Å². The number of hydrogen-bond donors (Lipinski definition) is 2. The van der Waals surface area contributed by atoms with Crippen molar-refractivity contribution in [3.05, 3.63) is 70.2 Å². The molecule has 0 aliphatic heterocycles. The van der Waals surface area contributed by atoms with E-state index in [-0.39, 0.29) is 10.8 Å². The number of rotatable bonds is 6. The maximum Gasteiger partial charge on any atom is 0.271 e. The van der Waals surface area contributed by atoms with E-state index < -0.39 is 5.91 Å². The first kappa shape index (κ1) is 17.8. The molecule has 0 saturated carbocycles. The number of nitrogens with zero attached hydrogens (tertiary/aromatic N) is 1. The third-order valence-electron chi connectivity index (χ3n) is 2.91. The predicted molar refractivity (Wildman–Crippen MR) is 95.3 cm³/mol. The van der Waals surface area contributed by atoms with Crippen molar-refractivity contribution in [1.29, 1.82) is 0 Å². The van der Waals surface area contributed by atoms with Gasteiger partial charge in [0.2, 0.25) is 0 Å². The molecule has 7 heteroatoms. The number of aromatic hydroxyl groups is 1. The molecule has 0 bridgehead atoms. The Balaban J connectivity index is 2.01. The summed E-state index contributed by atoms with van der Waals surface area (Å²) >= 11 is 11.7. The lowest BCUT2D eigenvalue weighted by molar-refractivity contribution is 0.0955. The molecule has 0 saturated heterocycles. The summed E-state index contributed by atoms with van der Waals surface area (Å²) in [5.74, 6) is 0.0605. The number of hydrogen-bond acceptors (Lipinski definition) is 4. The summed E-state index contributed by atoms with van der Waals surface area (Å²) in [7, 11) is 0. The average Bonchev–Trinajstić information content (AvgIpc) is 2.57. The van der Waals surface area contributed by atoms with E-state index in [9.17, 15) is 9.90 Å². The molecule has 0 fully saturated rings. The van der Waals surface area contributed by atoms with E-state index >= 15 is 0 Å². The Kier molecular flexibility index (Phi) is 6.23. The highest BCUT2D eigenvalue weighted by molar-refractivity contribution is 6.36. The fourth-order valence-electron chi connectivity index (χ4n) is 1.77. The lowest BCUT2D eigenvalue weighted by Gasteiger charge is -2.05. The van der Waals surface area contributed by atoms with Gasteiger partial charge in [0.1, 0.15) is 18.1 Å². The van der Waals surface area contributed by atoms with Crippen LogP contribution in [0.1, 0.15) is 15.9 Å². The van der Waals surface area contributed by atoms with Crippen LogP contribution in [0.2, 0.25) is 10.0 Å². The molecule has 124 valence electrons. The molecule has 2 aromatic carbocycles. The number of hydrazone groups is 1. The summed E-state index contributed by atoms with van der Waals surface area (Å²) in [6.45, 7) is 3.95. The van der Waals surface area contributed by atoms with Crippen LogP contribution < -0.4 is 10.2 Å². The van der Waals surface area contributed by atoms with Gasteiger partial charge in [0.25, 0.3) is 5.91 Å². The molecule has 24 heavy (non-hydrogen) atoms. The van der Waals surface area contributed by atoms with Crippen molar-refractivity contribution < 1.29 is 14.6 Å². The molecule has 0 unspecified atom stereocenters. The van der Waals surface area contributed by atoms with Gasteiger partial charge in [0, 0.05) is 16.1 Å². The molecule has 2 aromatic rings. The number of amides is 1. The molecule has 0 radical (unpaired) electrons. The standard InChI is InChI=1S/C17H14Cl2N2O3/c1-2-7-24-14-5-3-11(4-6-14)17(23)21-20-10-12-8-13(18)9-15(19)16(12)22/h2-6,8-10,22H,1,7H2,(H,21,23)/b20-10+. The van der Waals surface area contributed by atoms with Crippen molar-refractivity contribution in [2.75, 3.05) is 6.61 Å². The van der Waals surface area contributed by atoms with Crippen molar-refractivity contribution in [1.82, 2.24) is 5.43 Å². The summed E-state index contributed by atoms with van der Waals surface area (Å²) in [5, 5.41) is 14.0. The summed E-state index contributed by atoms with van der Waals surface area (Å²) in [4.78, 5) is 12.0. The minimum atomic E-state index is -0.408. The molecule has 0 spiro atoms. The fraction of sp³-hybridized carbons (Fsp3) is 0.0588. The number of phenolic OH excluding ortho intramolecular Hbond substituents is 1. The number of ether oxygens (including phenoxy) is 1. The zero-order chi connectivity index (χ0) is 17.5. The van der Waals surface area contributed by atoms with E-state index in [0.29, 0.717) is 28.5 Å². The summed E-state index contributed by atoms with van der Waals surface area (Å²) < 4.78 is 5.33. The van der Waals surface area contributed by atoms with Gasteiger partial charge in [-0.3, -0.25) is 4.79 Å². The third kappa shape index (κ3) is 4.75. The van der Waals surface area contributed by atoms with Gasteiger partial charge in [0.05, 0.1) is 11.2 Å². The Hall–Kier alpha value is -2.50. The molecule has 0 aliphatic rings. The molecular formula is C17H14Cl2N2O3. The van der Waals surface area contributed by atoms with Crippen LogP contribution in [0.3, 0.4) is 0 Å². The minimum absolute atomic E-state index is 0.102. The Labute approximate surface area is 149 Å². The first-order valence-electron chi connectivity index (χ1n) is 6.86. The molecular weight excluding hydrogens is 351 g/mol. The summed E-state index contributed by atoms with van der Waals surface area (Å²) in [6.07, 6.45) is 2.89. The van der Waals surface area contributed by atoms with E-state index in [1.807, 2.05) is 0 Å². The van der Waals surface area contributed by atoms with Crippen molar-refractivity contribution in [3.8, 4) is 11.5 Å². The van der Waals surface area contributed by atoms with Crippen molar-refractivity contribution >= 4 is 35.3 Å². The molecule has 2 rings (SSSR count). The van der Waals surface area contributed by atoms with Crippen LogP contribution in [0.4, 0.5) is 0 Å². The quantitative estimate of drug-likeness (QED) is 0.461. The first-order chi connectivity index (χ1) is 11.5. The second-order valence-corrected chi connectivity index (χ2v) is 5.49. The lowest BCUT2D eigenvalue weighted by atomic mass is 10.2. The molecule has 1 amide bonds.